The molecule has 232 valence electrons. The summed E-state index contributed by atoms with van der Waals surface area (Å²) < 4.78 is 0. The number of carbonyl (C=O) groups is 3. The Morgan fingerprint density at radius 3 is 2.32 bits per heavy atom. The van der Waals surface area contributed by atoms with E-state index in [2.05, 4.69) is 28.4 Å². The second kappa shape index (κ2) is 14.7. The summed E-state index contributed by atoms with van der Waals surface area (Å²) in [5.41, 5.74) is 12.1. The van der Waals surface area contributed by atoms with Crippen molar-refractivity contribution in [2.24, 2.45) is 11.7 Å². The van der Waals surface area contributed by atoms with E-state index in [1.165, 1.54) is 11.1 Å². The van der Waals surface area contributed by atoms with Gasteiger partial charge in [-0.2, -0.15) is 0 Å². The Bertz CT molecular complexity index is 1430. The number of aryl methyl sites for hydroxylation is 2. The molecule has 2 atom stereocenters. The Balaban J connectivity index is 0.000000418. The van der Waals surface area contributed by atoms with Gasteiger partial charge in [0.15, 0.2) is 0 Å². The van der Waals surface area contributed by atoms with Gasteiger partial charge in [-0.1, -0.05) is 71.8 Å². The van der Waals surface area contributed by atoms with Crippen LogP contribution in [0.25, 0.3) is 0 Å². The maximum atomic E-state index is 12.9. The van der Waals surface area contributed by atoms with Crippen LogP contribution >= 0.6 is 11.6 Å². The van der Waals surface area contributed by atoms with Gasteiger partial charge in [0.25, 0.3) is 0 Å². The maximum absolute atomic E-state index is 12.9. The van der Waals surface area contributed by atoms with Gasteiger partial charge in [-0.05, 0) is 61.1 Å². The molecule has 3 N–H and O–H groups in total. The number of anilines is 1. The van der Waals surface area contributed by atoms with Gasteiger partial charge < -0.3 is 25.8 Å². The Labute approximate surface area is 265 Å². The lowest BCUT2D eigenvalue weighted by Crippen LogP contribution is -2.52. The number of benzene rings is 3. The number of para-hydroxylation sites is 1. The van der Waals surface area contributed by atoms with Crippen molar-refractivity contribution in [1.29, 1.82) is 0 Å². The van der Waals surface area contributed by atoms with Crippen molar-refractivity contribution < 1.29 is 14.4 Å². The summed E-state index contributed by atoms with van der Waals surface area (Å²) in [5, 5.41) is 3.65. The Hall–Kier alpha value is -3.88. The zero-order valence-corrected chi connectivity index (χ0v) is 26.1. The molecule has 2 aliphatic heterocycles. The smallest absolute Gasteiger partial charge is 0.242 e. The zero-order chi connectivity index (χ0) is 31.1. The molecule has 2 fully saturated rings. The fourth-order valence-corrected chi connectivity index (χ4v) is 6.38. The van der Waals surface area contributed by atoms with Gasteiger partial charge in [-0.15, -0.1) is 0 Å². The summed E-state index contributed by atoms with van der Waals surface area (Å²) in [4.78, 5) is 43.8. The molecule has 3 aliphatic rings. The Morgan fingerprint density at radius 2 is 1.61 bits per heavy atom. The summed E-state index contributed by atoms with van der Waals surface area (Å²) in [7, 11) is 0. The molecule has 2 saturated heterocycles. The minimum absolute atomic E-state index is 0.00262. The van der Waals surface area contributed by atoms with Crippen LogP contribution in [0.2, 0.25) is 5.02 Å². The third-order valence-electron chi connectivity index (χ3n) is 8.83. The van der Waals surface area contributed by atoms with Crippen LogP contribution in [-0.4, -0.2) is 66.8 Å². The number of rotatable bonds is 6. The molecule has 1 aliphatic carbocycles. The van der Waals surface area contributed by atoms with Crippen molar-refractivity contribution in [3.8, 4) is 0 Å². The number of fused-ring (bicyclic) bond motifs is 1. The van der Waals surface area contributed by atoms with E-state index in [-0.39, 0.29) is 36.2 Å². The molecule has 2 unspecified atom stereocenters. The molecular formula is C35H42ClN5O3. The van der Waals surface area contributed by atoms with Crippen molar-refractivity contribution in [2.45, 2.75) is 45.2 Å². The third-order valence-corrected chi connectivity index (χ3v) is 9.08. The van der Waals surface area contributed by atoms with Crippen LogP contribution in [-0.2, 0) is 27.3 Å². The number of halogens is 1. The minimum atomic E-state index is -0.343. The van der Waals surface area contributed by atoms with E-state index in [0.717, 1.165) is 54.3 Å². The highest BCUT2D eigenvalue weighted by Crippen LogP contribution is 2.32. The molecule has 44 heavy (non-hydrogen) atoms. The number of likely N-dealkylation sites (tertiary alicyclic amines) is 1. The molecule has 6 rings (SSSR count). The van der Waals surface area contributed by atoms with Crippen molar-refractivity contribution in [2.75, 3.05) is 44.2 Å². The quantitative estimate of drug-likeness (QED) is 0.426. The first-order valence-electron chi connectivity index (χ1n) is 15.5. The van der Waals surface area contributed by atoms with E-state index >= 15 is 0 Å². The number of piperazine rings is 1. The summed E-state index contributed by atoms with van der Waals surface area (Å²) in [6, 6.07) is 23.6. The van der Waals surface area contributed by atoms with Crippen LogP contribution in [0.3, 0.4) is 0 Å². The summed E-state index contributed by atoms with van der Waals surface area (Å²) in [6.07, 6.45) is 3.09. The number of nitrogens with one attached hydrogen (secondary N) is 1. The molecule has 8 nitrogen and oxygen atoms in total. The van der Waals surface area contributed by atoms with Crippen molar-refractivity contribution in [3.63, 3.8) is 0 Å². The van der Waals surface area contributed by atoms with Crippen molar-refractivity contribution in [3.05, 3.63) is 100 Å². The molecular weight excluding hydrogens is 574 g/mol. The number of nitrogens with two attached hydrogens (primary N) is 1. The fraction of sp³-hybridized carbons (Fsp3) is 0.400. The average Bonchev–Trinajstić information content (AvgIpc) is 3.46. The van der Waals surface area contributed by atoms with Gasteiger partial charge >= 0.3 is 0 Å². The van der Waals surface area contributed by atoms with Crippen LogP contribution < -0.4 is 16.0 Å². The van der Waals surface area contributed by atoms with Gasteiger partial charge in [0.1, 0.15) is 0 Å². The van der Waals surface area contributed by atoms with E-state index in [0.29, 0.717) is 32.5 Å². The predicted molar refractivity (Wildman–Crippen MR) is 174 cm³/mol. The normalized spacial score (nSPS) is 19.6. The lowest BCUT2D eigenvalue weighted by atomic mass is 9.79. The van der Waals surface area contributed by atoms with Crippen molar-refractivity contribution in [1.82, 2.24) is 15.1 Å². The van der Waals surface area contributed by atoms with Gasteiger partial charge in [-0.3, -0.25) is 14.4 Å². The standard InChI is InChI=1S/C28H35N5O3.C7H7Cl/c29-27-22-8-3-1-6-20(22)11-12-23(27)28(36)30-18-26(35)32-16-14-31(15-17-32)24-9-4-2-7-21(24)19-33-13-5-10-25(33)34;1-6-2-4-7(8)5-3-6/h1-4,6-9,23,27H,5,10-19,29H2,(H,30,36);2-5H,1H3. The van der Waals surface area contributed by atoms with Crippen LogP contribution in [0.1, 0.15) is 47.6 Å². The van der Waals surface area contributed by atoms with Crippen LogP contribution in [0.4, 0.5) is 5.69 Å². The van der Waals surface area contributed by atoms with Gasteiger partial charge in [-0.25, -0.2) is 0 Å². The monoisotopic (exact) mass is 615 g/mol. The summed E-state index contributed by atoms with van der Waals surface area (Å²) in [5.74, 6) is -0.303. The first-order valence-corrected chi connectivity index (χ1v) is 15.9. The zero-order valence-electron chi connectivity index (χ0n) is 25.4. The maximum Gasteiger partial charge on any atom is 0.242 e. The number of hydrogen-bond acceptors (Lipinski definition) is 5. The Kier molecular flexibility index (Phi) is 10.6. The highest BCUT2D eigenvalue weighted by atomic mass is 35.5. The number of carbonyl (C=O) groups excluding carboxylic acids is 3. The first-order chi connectivity index (χ1) is 21.3. The van der Waals surface area contributed by atoms with Gasteiger partial charge in [0.05, 0.1) is 12.5 Å². The number of amides is 3. The highest BCUT2D eigenvalue weighted by molar-refractivity contribution is 6.30. The fourth-order valence-electron chi connectivity index (χ4n) is 6.25. The van der Waals surface area contributed by atoms with E-state index < -0.39 is 0 Å². The van der Waals surface area contributed by atoms with Crippen LogP contribution in [0.5, 0.6) is 0 Å². The largest absolute Gasteiger partial charge is 0.368 e. The molecule has 9 heteroatoms. The third kappa shape index (κ3) is 7.79. The second-order valence-corrected chi connectivity index (χ2v) is 12.2. The SMILES string of the molecule is Cc1ccc(Cl)cc1.NC1c2ccccc2CCC1C(=O)NCC(=O)N1CCN(c2ccccc2CN2CCCC2=O)CC1. The molecule has 3 amide bonds. The highest BCUT2D eigenvalue weighted by Gasteiger charge is 2.32. The first kappa shape index (κ1) is 31.5. The molecule has 3 aromatic rings. The van der Waals surface area contributed by atoms with E-state index in [4.69, 9.17) is 17.3 Å². The average molecular weight is 616 g/mol. The van der Waals surface area contributed by atoms with E-state index in [1.807, 2.05) is 71.3 Å². The number of nitrogens with zero attached hydrogens (tertiary/aromatic N) is 3. The molecule has 0 radical (unpaired) electrons. The molecule has 0 spiro atoms. The van der Waals surface area contributed by atoms with Gasteiger partial charge in [0.2, 0.25) is 17.7 Å². The van der Waals surface area contributed by atoms with E-state index in [1.54, 1.807) is 0 Å². The van der Waals surface area contributed by atoms with Crippen LogP contribution in [0, 0.1) is 12.8 Å². The van der Waals surface area contributed by atoms with Gasteiger partial charge in [0, 0.05) is 62.4 Å². The number of hydrogen-bond donors (Lipinski definition) is 2. The molecule has 0 bridgehead atoms. The predicted octanol–water partition coefficient (Wildman–Crippen LogP) is 4.48. The Morgan fingerprint density at radius 1 is 0.909 bits per heavy atom. The molecule has 0 saturated carbocycles. The lowest BCUT2D eigenvalue weighted by molar-refractivity contribution is -0.134. The minimum Gasteiger partial charge on any atom is -0.368 e. The summed E-state index contributed by atoms with van der Waals surface area (Å²) >= 11 is 5.61. The molecule has 0 aromatic heterocycles. The molecule has 3 aromatic carbocycles. The molecule has 2 heterocycles. The summed E-state index contributed by atoms with van der Waals surface area (Å²) in [6.45, 7) is 6.12. The van der Waals surface area contributed by atoms with Crippen LogP contribution in [0.15, 0.2) is 72.8 Å². The van der Waals surface area contributed by atoms with Crippen molar-refractivity contribution >= 4 is 35.0 Å². The second-order valence-electron chi connectivity index (χ2n) is 11.8. The lowest BCUT2D eigenvalue weighted by Gasteiger charge is -2.37. The van der Waals surface area contributed by atoms with E-state index in [9.17, 15) is 14.4 Å². The topological polar surface area (TPSA) is 99.0 Å².